The van der Waals surface area contributed by atoms with Gasteiger partial charge in [0.2, 0.25) is 0 Å². The van der Waals surface area contributed by atoms with Gasteiger partial charge in [0.05, 0.1) is 22.9 Å². The fourth-order valence-corrected chi connectivity index (χ4v) is 5.46. The number of aromatic nitrogens is 2. The minimum Gasteiger partial charge on any atom is -0.492 e. The molecule has 5 nitrogen and oxygen atoms in total. The van der Waals surface area contributed by atoms with Gasteiger partial charge in [-0.05, 0) is 57.7 Å². The Morgan fingerprint density at radius 3 is 2.71 bits per heavy atom. The highest BCUT2D eigenvalue weighted by Crippen LogP contribution is 2.42. The van der Waals surface area contributed by atoms with Crippen LogP contribution in [0.25, 0.3) is 11.4 Å². The molecule has 0 amide bonds. The number of benzene rings is 1. The third kappa shape index (κ3) is 3.29. The van der Waals surface area contributed by atoms with Crippen LogP contribution in [0.2, 0.25) is 5.02 Å². The molecule has 5 rings (SSSR count). The third-order valence-electron chi connectivity index (χ3n) is 6.85. The van der Waals surface area contributed by atoms with E-state index in [9.17, 15) is 0 Å². The molecule has 2 fully saturated rings. The van der Waals surface area contributed by atoms with E-state index in [-0.39, 0.29) is 0 Å². The molecule has 1 saturated carbocycles. The lowest BCUT2D eigenvalue weighted by Crippen LogP contribution is -2.39. The van der Waals surface area contributed by atoms with Crippen molar-refractivity contribution in [3.05, 3.63) is 28.5 Å². The second-order valence-corrected chi connectivity index (χ2v) is 8.92. The van der Waals surface area contributed by atoms with Crippen molar-refractivity contribution in [2.24, 2.45) is 0 Å². The first-order chi connectivity index (χ1) is 13.7. The second kappa shape index (κ2) is 7.60. The van der Waals surface area contributed by atoms with Crippen LogP contribution in [0.1, 0.15) is 62.1 Å². The largest absolute Gasteiger partial charge is 0.492 e. The number of halogens is 1. The summed E-state index contributed by atoms with van der Waals surface area (Å²) in [7, 11) is 0. The lowest BCUT2D eigenvalue weighted by Gasteiger charge is -2.35. The van der Waals surface area contributed by atoms with Gasteiger partial charge in [0.15, 0.2) is 0 Å². The fraction of sp³-hybridized carbons (Fsp3) is 0.591. The van der Waals surface area contributed by atoms with E-state index in [1.165, 1.54) is 57.3 Å². The Kier molecular flexibility index (Phi) is 4.97. The maximum Gasteiger partial charge on any atom is 0.141 e. The maximum atomic E-state index is 6.41. The minimum absolute atomic E-state index is 0.555. The highest BCUT2D eigenvalue weighted by Gasteiger charge is 2.29. The molecule has 2 aromatic rings. The predicted octanol–water partition coefficient (Wildman–Crippen LogP) is 4.76. The predicted molar refractivity (Wildman–Crippen MR) is 113 cm³/mol. The van der Waals surface area contributed by atoms with Gasteiger partial charge in [-0.25, -0.2) is 4.98 Å². The van der Waals surface area contributed by atoms with Crippen molar-refractivity contribution in [2.45, 2.75) is 63.3 Å². The van der Waals surface area contributed by atoms with Crippen molar-refractivity contribution in [3.63, 3.8) is 0 Å². The number of likely N-dealkylation sites (tertiary alicyclic amines) is 1. The summed E-state index contributed by atoms with van der Waals surface area (Å²) in [5.41, 5.74) is 10.0. The molecular formula is C22H29ClN4O. The van der Waals surface area contributed by atoms with Crippen molar-refractivity contribution in [2.75, 3.05) is 25.4 Å². The van der Waals surface area contributed by atoms with Crippen molar-refractivity contribution in [1.29, 1.82) is 0 Å². The number of nitrogens with two attached hydrogens (primary N) is 1. The number of hydrogen-bond donors (Lipinski definition) is 2. The number of rotatable bonds is 3. The molecule has 6 heteroatoms. The number of nitrogen functional groups attached to an aromatic ring is 1. The molecule has 1 aromatic carbocycles. The molecule has 0 unspecified atom stereocenters. The lowest BCUT2D eigenvalue weighted by molar-refractivity contribution is 0.153. The monoisotopic (exact) mass is 400 g/mol. The summed E-state index contributed by atoms with van der Waals surface area (Å²) in [4.78, 5) is 11.0. The zero-order chi connectivity index (χ0) is 19.1. The number of imidazole rings is 1. The van der Waals surface area contributed by atoms with E-state index < -0.39 is 0 Å². The van der Waals surface area contributed by atoms with Gasteiger partial charge in [-0.15, -0.1) is 0 Å². The summed E-state index contributed by atoms with van der Waals surface area (Å²) in [5, 5.41) is 0.585. The van der Waals surface area contributed by atoms with Crippen LogP contribution in [-0.4, -0.2) is 40.6 Å². The number of hydrogen-bond acceptors (Lipinski definition) is 4. The first-order valence-electron chi connectivity index (χ1n) is 10.7. The Morgan fingerprint density at radius 2 is 1.93 bits per heavy atom. The smallest absolute Gasteiger partial charge is 0.141 e. The van der Waals surface area contributed by atoms with E-state index in [1.54, 1.807) is 0 Å². The molecule has 0 bridgehead atoms. The van der Waals surface area contributed by atoms with Crippen LogP contribution in [0.4, 0.5) is 5.69 Å². The quantitative estimate of drug-likeness (QED) is 0.729. The van der Waals surface area contributed by atoms with Crippen LogP contribution >= 0.6 is 11.6 Å². The number of H-pyrrole nitrogens is 1. The number of nitrogens with one attached hydrogen (secondary N) is 1. The topological polar surface area (TPSA) is 67.2 Å². The average molecular weight is 401 g/mol. The fourth-order valence-electron chi connectivity index (χ4n) is 5.24. The molecule has 2 aliphatic heterocycles. The highest BCUT2D eigenvalue weighted by molar-refractivity contribution is 6.33. The number of fused-ring (bicyclic) bond motifs is 1. The third-order valence-corrected chi connectivity index (χ3v) is 7.16. The number of nitrogens with zero attached hydrogens (tertiary/aromatic N) is 2. The van der Waals surface area contributed by atoms with Crippen molar-refractivity contribution >= 4 is 17.3 Å². The molecule has 0 atom stereocenters. The SMILES string of the molecule is Nc1c(Cl)cc(-c2ncc(C3CCN(C4CCCC4)CC3)[nH]2)c2c1CCCO2. The van der Waals surface area contributed by atoms with Crippen LogP contribution in [0, 0.1) is 0 Å². The van der Waals surface area contributed by atoms with Crippen molar-refractivity contribution in [3.8, 4) is 17.1 Å². The zero-order valence-electron chi connectivity index (χ0n) is 16.3. The summed E-state index contributed by atoms with van der Waals surface area (Å²) < 4.78 is 5.97. The Labute approximate surface area is 171 Å². The average Bonchev–Trinajstić information content (AvgIpc) is 3.43. The van der Waals surface area contributed by atoms with Gasteiger partial charge >= 0.3 is 0 Å². The van der Waals surface area contributed by atoms with Crippen LogP contribution in [-0.2, 0) is 6.42 Å². The molecular weight excluding hydrogens is 372 g/mol. The van der Waals surface area contributed by atoms with E-state index in [0.717, 1.165) is 41.6 Å². The summed E-state index contributed by atoms with van der Waals surface area (Å²) in [6, 6.07) is 2.73. The van der Waals surface area contributed by atoms with E-state index in [4.69, 9.17) is 22.1 Å². The molecule has 3 aliphatic rings. The van der Waals surface area contributed by atoms with Crippen LogP contribution < -0.4 is 10.5 Å². The van der Waals surface area contributed by atoms with Crippen LogP contribution in [0.3, 0.4) is 0 Å². The second-order valence-electron chi connectivity index (χ2n) is 8.51. The first-order valence-corrected chi connectivity index (χ1v) is 11.1. The normalized spacial score (nSPS) is 21.6. The van der Waals surface area contributed by atoms with Gasteiger partial charge in [-0.2, -0.15) is 0 Å². The van der Waals surface area contributed by atoms with Gasteiger partial charge in [-0.3, -0.25) is 0 Å². The van der Waals surface area contributed by atoms with Crippen LogP contribution in [0.5, 0.6) is 5.75 Å². The van der Waals surface area contributed by atoms with Crippen LogP contribution in [0.15, 0.2) is 12.3 Å². The number of anilines is 1. The van der Waals surface area contributed by atoms with E-state index >= 15 is 0 Å². The van der Waals surface area contributed by atoms with E-state index in [0.29, 0.717) is 23.2 Å². The van der Waals surface area contributed by atoms with Gasteiger partial charge < -0.3 is 20.4 Å². The molecule has 0 spiro atoms. The Hall–Kier alpha value is -1.72. The molecule has 0 radical (unpaired) electrons. The number of aromatic amines is 1. The zero-order valence-corrected chi connectivity index (χ0v) is 17.1. The minimum atomic E-state index is 0.555. The molecule has 3 heterocycles. The summed E-state index contributed by atoms with van der Waals surface area (Å²) in [6.45, 7) is 3.13. The number of piperidine rings is 1. The lowest BCUT2D eigenvalue weighted by atomic mass is 9.93. The molecule has 1 aliphatic carbocycles. The van der Waals surface area contributed by atoms with Crippen molar-refractivity contribution in [1.82, 2.24) is 14.9 Å². The van der Waals surface area contributed by atoms with Gasteiger partial charge in [0.1, 0.15) is 11.6 Å². The summed E-state index contributed by atoms with van der Waals surface area (Å²) >= 11 is 6.41. The standard InChI is InChI=1S/C22H29ClN4O/c23-18-12-17(21-16(20(18)24)6-3-11-28-21)22-25-13-19(26-22)14-7-9-27(10-8-14)15-4-1-2-5-15/h12-15H,1-11,24H2,(H,25,26). The van der Waals surface area contributed by atoms with Gasteiger partial charge in [0, 0.05) is 29.4 Å². The van der Waals surface area contributed by atoms with Gasteiger partial charge in [-0.1, -0.05) is 24.4 Å². The number of ether oxygens (including phenoxy) is 1. The molecule has 28 heavy (non-hydrogen) atoms. The molecule has 1 aromatic heterocycles. The first kappa shape index (κ1) is 18.3. The maximum absolute atomic E-state index is 6.41. The van der Waals surface area contributed by atoms with E-state index in [1.807, 2.05) is 12.3 Å². The molecule has 1 saturated heterocycles. The summed E-state index contributed by atoms with van der Waals surface area (Å²) in [6.07, 6.45) is 11.9. The summed E-state index contributed by atoms with van der Waals surface area (Å²) in [5.74, 6) is 2.25. The van der Waals surface area contributed by atoms with Gasteiger partial charge in [0.25, 0.3) is 0 Å². The Balaban J connectivity index is 1.35. The Morgan fingerprint density at radius 1 is 1.14 bits per heavy atom. The molecule has 3 N–H and O–H groups in total. The Bertz CT molecular complexity index is 850. The highest BCUT2D eigenvalue weighted by atomic mass is 35.5. The molecule has 150 valence electrons. The van der Waals surface area contributed by atoms with E-state index in [2.05, 4.69) is 14.9 Å². The van der Waals surface area contributed by atoms with Crippen molar-refractivity contribution < 1.29 is 4.74 Å².